The minimum absolute atomic E-state index is 0. The molecule has 0 atom stereocenters. The molecule has 1 N–H and O–H groups in total. The van der Waals surface area contributed by atoms with Gasteiger partial charge in [-0.15, -0.1) is 24.0 Å². The molecule has 0 saturated carbocycles. The van der Waals surface area contributed by atoms with E-state index in [-0.39, 0.29) is 24.0 Å². The van der Waals surface area contributed by atoms with E-state index in [0.29, 0.717) is 0 Å². The second-order valence-electron chi connectivity index (χ2n) is 5.91. The van der Waals surface area contributed by atoms with Crippen LogP contribution in [-0.4, -0.2) is 65.0 Å². The molecular formula is C17H26IN7S. The quantitative estimate of drug-likeness (QED) is 0.396. The fraction of sp³-hybridized carbons (Fsp3) is 0.529. The van der Waals surface area contributed by atoms with Gasteiger partial charge in [0, 0.05) is 70.1 Å². The summed E-state index contributed by atoms with van der Waals surface area (Å²) >= 11 is 1.50. The van der Waals surface area contributed by atoms with E-state index in [1.807, 2.05) is 19.3 Å². The lowest BCUT2D eigenvalue weighted by Crippen LogP contribution is -2.52. The van der Waals surface area contributed by atoms with Crippen molar-refractivity contribution >= 4 is 46.6 Å². The number of hydrogen-bond donors (Lipinski definition) is 1. The Morgan fingerprint density at radius 1 is 1.31 bits per heavy atom. The first kappa shape index (κ1) is 20.8. The van der Waals surface area contributed by atoms with Crippen LogP contribution in [0, 0.1) is 0 Å². The summed E-state index contributed by atoms with van der Waals surface area (Å²) in [6, 6.07) is 4.07. The van der Waals surface area contributed by atoms with Crippen LogP contribution < -0.4 is 10.2 Å². The first-order chi connectivity index (χ1) is 12.3. The van der Waals surface area contributed by atoms with Crippen molar-refractivity contribution in [3.05, 3.63) is 35.9 Å². The molecule has 1 aliphatic rings. The molecule has 7 nitrogen and oxygen atoms in total. The van der Waals surface area contributed by atoms with Crippen LogP contribution in [0.3, 0.4) is 0 Å². The molecule has 0 radical (unpaired) electrons. The summed E-state index contributed by atoms with van der Waals surface area (Å²) in [5.74, 6) is 1.91. The molecule has 142 valence electrons. The predicted molar refractivity (Wildman–Crippen MR) is 118 cm³/mol. The number of guanidine groups is 1. The van der Waals surface area contributed by atoms with Crippen LogP contribution >= 0.6 is 35.5 Å². The Balaban J connectivity index is 0.00000243. The van der Waals surface area contributed by atoms with Crippen molar-refractivity contribution in [2.24, 2.45) is 4.99 Å². The van der Waals surface area contributed by atoms with E-state index in [1.165, 1.54) is 17.1 Å². The minimum Gasteiger partial charge on any atom is -0.356 e. The Morgan fingerprint density at radius 3 is 2.73 bits per heavy atom. The highest BCUT2D eigenvalue weighted by Gasteiger charge is 2.21. The summed E-state index contributed by atoms with van der Waals surface area (Å²) in [6.07, 6.45) is 5.55. The number of aliphatic imine (C=N–C) groups is 1. The topological polar surface area (TPSA) is 69.5 Å². The molecule has 2 aromatic heterocycles. The van der Waals surface area contributed by atoms with Crippen LogP contribution in [0.5, 0.6) is 0 Å². The first-order valence-electron chi connectivity index (χ1n) is 8.72. The lowest BCUT2D eigenvalue weighted by molar-refractivity contribution is 0.372. The number of hydrogen-bond acceptors (Lipinski definition) is 6. The second kappa shape index (κ2) is 10.6. The van der Waals surface area contributed by atoms with Gasteiger partial charge in [0.05, 0.1) is 0 Å². The Bertz CT molecular complexity index is 683. The Labute approximate surface area is 176 Å². The molecule has 3 heterocycles. The maximum Gasteiger partial charge on any atom is 0.205 e. The predicted octanol–water partition coefficient (Wildman–Crippen LogP) is 2.05. The Morgan fingerprint density at radius 2 is 2.12 bits per heavy atom. The number of aryl methyl sites for hydroxylation is 1. The van der Waals surface area contributed by atoms with Gasteiger partial charge in [-0.3, -0.25) is 9.98 Å². The molecule has 0 spiro atoms. The lowest BCUT2D eigenvalue weighted by atomic mass is 10.2. The van der Waals surface area contributed by atoms with Gasteiger partial charge in [-0.2, -0.15) is 4.37 Å². The zero-order chi connectivity index (χ0) is 17.5. The van der Waals surface area contributed by atoms with Gasteiger partial charge in [0.25, 0.3) is 0 Å². The van der Waals surface area contributed by atoms with Crippen LogP contribution in [0.15, 0.2) is 29.5 Å². The van der Waals surface area contributed by atoms with E-state index in [4.69, 9.17) is 0 Å². The van der Waals surface area contributed by atoms with Crippen molar-refractivity contribution in [1.29, 1.82) is 0 Å². The maximum atomic E-state index is 4.59. The van der Waals surface area contributed by atoms with E-state index in [9.17, 15) is 0 Å². The van der Waals surface area contributed by atoms with Crippen LogP contribution in [0.2, 0.25) is 0 Å². The fourth-order valence-corrected chi connectivity index (χ4v) is 3.62. The van der Waals surface area contributed by atoms with Crippen molar-refractivity contribution in [2.75, 3.05) is 44.7 Å². The zero-order valence-corrected chi connectivity index (χ0v) is 18.4. The number of halogens is 1. The number of piperazine rings is 1. The number of rotatable bonds is 5. The molecule has 0 aromatic carbocycles. The number of aromatic nitrogens is 3. The van der Waals surface area contributed by atoms with Crippen molar-refractivity contribution < 1.29 is 0 Å². The molecule has 2 aromatic rings. The average Bonchev–Trinajstić information content (AvgIpc) is 3.16. The monoisotopic (exact) mass is 487 g/mol. The van der Waals surface area contributed by atoms with Gasteiger partial charge in [0.2, 0.25) is 5.13 Å². The van der Waals surface area contributed by atoms with Gasteiger partial charge in [-0.25, -0.2) is 4.98 Å². The Kier molecular flexibility index (Phi) is 8.49. The third kappa shape index (κ3) is 5.50. The molecule has 1 fully saturated rings. The highest BCUT2D eigenvalue weighted by atomic mass is 127. The number of nitrogens with zero attached hydrogens (tertiary/aromatic N) is 6. The number of nitrogens with one attached hydrogen (secondary N) is 1. The van der Waals surface area contributed by atoms with Crippen LogP contribution in [0.25, 0.3) is 0 Å². The molecule has 1 saturated heterocycles. The molecule has 0 aliphatic carbocycles. The van der Waals surface area contributed by atoms with Crippen molar-refractivity contribution in [3.63, 3.8) is 0 Å². The number of anilines is 1. The molecule has 1 aliphatic heterocycles. The lowest BCUT2D eigenvalue weighted by Gasteiger charge is -2.36. The maximum absolute atomic E-state index is 4.59. The van der Waals surface area contributed by atoms with E-state index < -0.39 is 0 Å². The normalized spacial score (nSPS) is 14.9. The van der Waals surface area contributed by atoms with Gasteiger partial charge in [-0.1, -0.05) is 13.0 Å². The fourth-order valence-electron chi connectivity index (χ4n) is 2.82. The first-order valence-corrected chi connectivity index (χ1v) is 9.49. The van der Waals surface area contributed by atoms with Crippen molar-refractivity contribution in [1.82, 2.24) is 24.6 Å². The van der Waals surface area contributed by atoms with E-state index in [1.54, 1.807) is 6.20 Å². The smallest absolute Gasteiger partial charge is 0.205 e. The van der Waals surface area contributed by atoms with Gasteiger partial charge in [-0.05, 0) is 18.1 Å². The summed E-state index contributed by atoms with van der Waals surface area (Å²) < 4.78 is 4.38. The third-order valence-electron chi connectivity index (χ3n) is 4.25. The van der Waals surface area contributed by atoms with Crippen molar-refractivity contribution in [3.8, 4) is 0 Å². The van der Waals surface area contributed by atoms with Gasteiger partial charge < -0.3 is 15.1 Å². The summed E-state index contributed by atoms with van der Waals surface area (Å²) in [5.41, 5.74) is 1.23. The summed E-state index contributed by atoms with van der Waals surface area (Å²) in [7, 11) is 1.84. The van der Waals surface area contributed by atoms with E-state index in [0.717, 1.165) is 62.5 Å². The second-order valence-corrected chi connectivity index (χ2v) is 6.64. The average molecular weight is 487 g/mol. The van der Waals surface area contributed by atoms with Gasteiger partial charge >= 0.3 is 0 Å². The third-order valence-corrected chi connectivity index (χ3v) is 5.07. The van der Waals surface area contributed by atoms with E-state index >= 15 is 0 Å². The minimum atomic E-state index is 0. The number of pyridine rings is 1. The van der Waals surface area contributed by atoms with Crippen LogP contribution in [0.1, 0.15) is 18.3 Å². The highest BCUT2D eigenvalue weighted by molar-refractivity contribution is 14.0. The molecule has 0 bridgehead atoms. The van der Waals surface area contributed by atoms with Gasteiger partial charge in [0.1, 0.15) is 5.82 Å². The summed E-state index contributed by atoms with van der Waals surface area (Å²) in [4.78, 5) is 17.8. The van der Waals surface area contributed by atoms with Crippen molar-refractivity contribution in [2.45, 2.75) is 19.8 Å². The highest BCUT2D eigenvalue weighted by Crippen LogP contribution is 2.19. The van der Waals surface area contributed by atoms with E-state index in [2.05, 4.69) is 47.4 Å². The molecule has 26 heavy (non-hydrogen) atoms. The standard InChI is InChI=1S/C17H25N7S.HI/c1-3-15-21-17(25-22-15)24-11-9-23(10-12-24)16(18-2)20-8-6-14-5-4-7-19-13-14;/h4-5,7,13H,3,6,8-12H2,1-2H3,(H,18,20);1H. The molecule has 0 unspecified atom stereocenters. The molecule has 9 heteroatoms. The Hall–Kier alpha value is -1.49. The summed E-state index contributed by atoms with van der Waals surface area (Å²) in [5, 5.41) is 4.50. The molecule has 3 rings (SSSR count). The SMILES string of the molecule is CCc1nsc(N2CCN(C(=NC)NCCc3cccnc3)CC2)n1.I. The molecule has 0 amide bonds. The largest absolute Gasteiger partial charge is 0.356 e. The summed E-state index contributed by atoms with van der Waals surface area (Å²) in [6.45, 7) is 6.71. The zero-order valence-electron chi connectivity index (χ0n) is 15.3. The van der Waals surface area contributed by atoms with Crippen LogP contribution in [-0.2, 0) is 12.8 Å². The van der Waals surface area contributed by atoms with Crippen LogP contribution in [0.4, 0.5) is 5.13 Å². The molecular weight excluding hydrogens is 461 g/mol. The van der Waals surface area contributed by atoms with Gasteiger partial charge in [0.15, 0.2) is 5.96 Å².